The molecule has 0 radical (unpaired) electrons. The second kappa shape index (κ2) is 7.02. The Balaban J connectivity index is 1.85. The second-order valence-electron chi connectivity index (χ2n) is 5.48. The smallest absolute Gasteiger partial charge is 0.241 e. The van der Waals surface area contributed by atoms with Gasteiger partial charge in [0.05, 0.1) is 11.5 Å². The highest BCUT2D eigenvalue weighted by Gasteiger charge is 2.20. The van der Waals surface area contributed by atoms with Crippen molar-refractivity contribution < 1.29 is 13.5 Å². The van der Waals surface area contributed by atoms with Crippen LogP contribution in [0.1, 0.15) is 48.3 Å². The van der Waals surface area contributed by atoms with Crippen molar-refractivity contribution >= 4 is 21.4 Å². The summed E-state index contributed by atoms with van der Waals surface area (Å²) in [5, 5.41) is 9.07. The maximum atomic E-state index is 12.2. The minimum Gasteiger partial charge on any atom is -0.391 e. The first-order valence-corrected chi connectivity index (χ1v) is 9.52. The minimum atomic E-state index is -3.43. The van der Waals surface area contributed by atoms with E-state index in [4.69, 9.17) is 5.11 Å². The summed E-state index contributed by atoms with van der Waals surface area (Å²) in [5.41, 5.74) is 0. The lowest BCUT2D eigenvalue weighted by Crippen LogP contribution is -2.25. The van der Waals surface area contributed by atoms with Crippen LogP contribution in [0.5, 0.6) is 0 Å². The molecule has 1 fully saturated rings. The highest BCUT2D eigenvalue weighted by Crippen LogP contribution is 2.28. The lowest BCUT2D eigenvalue weighted by atomic mass is 10.0. The number of aliphatic hydroxyl groups excluding tert-OH is 1. The van der Waals surface area contributed by atoms with Gasteiger partial charge in [-0.15, -0.1) is 11.3 Å². The first-order chi connectivity index (χ1) is 9.53. The molecule has 2 rings (SSSR count). The Labute approximate surface area is 125 Å². The van der Waals surface area contributed by atoms with E-state index in [0.29, 0.717) is 16.3 Å². The van der Waals surface area contributed by atoms with Crippen LogP contribution in [0.4, 0.5) is 0 Å². The third kappa shape index (κ3) is 4.04. The van der Waals surface area contributed by atoms with Crippen molar-refractivity contribution in [2.75, 3.05) is 6.54 Å². The summed E-state index contributed by atoms with van der Waals surface area (Å²) in [6, 6.07) is 1.57. The van der Waals surface area contributed by atoms with Crippen molar-refractivity contribution in [2.45, 2.75) is 57.0 Å². The summed E-state index contributed by atoms with van der Waals surface area (Å²) in [6.07, 6.45) is 7.28. The Bertz CT molecular complexity index is 531. The van der Waals surface area contributed by atoms with Gasteiger partial charge in [0.15, 0.2) is 0 Å². The Morgan fingerprint density at radius 3 is 2.70 bits per heavy atom. The monoisotopic (exact) mass is 317 g/mol. The molecule has 0 saturated heterocycles. The molecule has 2 N–H and O–H groups in total. The van der Waals surface area contributed by atoms with Gasteiger partial charge >= 0.3 is 0 Å². The summed E-state index contributed by atoms with van der Waals surface area (Å²) < 4.78 is 27.1. The standard InChI is InChI=1S/C14H23NO3S2/c1-11-14(9-13(10-16)19-11)20(17,18)15-8-4-7-12-5-2-3-6-12/h9,12,15-16H,2-8,10H2,1H3. The van der Waals surface area contributed by atoms with Gasteiger partial charge in [-0.3, -0.25) is 0 Å². The second-order valence-corrected chi connectivity index (χ2v) is 8.56. The van der Waals surface area contributed by atoms with Gasteiger partial charge in [-0.05, 0) is 31.7 Å². The number of thiophene rings is 1. The zero-order valence-electron chi connectivity index (χ0n) is 11.9. The molecule has 0 aromatic carbocycles. The summed E-state index contributed by atoms with van der Waals surface area (Å²) in [7, 11) is -3.43. The van der Waals surface area contributed by atoms with Crippen molar-refractivity contribution in [3.05, 3.63) is 15.8 Å². The molecule has 0 bridgehead atoms. The van der Waals surface area contributed by atoms with Crippen LogP contribution in [0.15, 0.2) is 11.0 Å². The molecular weight excluding hydrogens is 294 g/mol. The molecule has 1 heterocycles. The fourth-order valence-corrected chi connectivity index (χ4v) is 5.41. The molecule has 4 nitrogen and oxygen atoms in total. The van der Waals surface area contributed by atoms with E-state index in [1.54, 1.807) is 13.0 Å². The van der Waals surface area contributed by atoms with Crippen LogP contribution in [0.25, 0.3) is 0 Å². The van der Waals surface area contributed by atoms with E-state index < -0.39 is 10.0 Å². The number of hydrogen-bond donors (Lipinski definition) is 2. The van der Waals surface area contributed by atoms with Crippen molar-refractivity contribution in [3.63, 3.8) is 0 Å². The average molecular weight is 317 g/mol. The average Bonchev–Trinajstić information content (AvgIpc) is 3.04. The van der Waals surface area contributed by atoms with E-state index in [2.05, 4.69) is 4.72 Å². The maximum absolute atomic E-state index is 12.2. The molecule has 1 aromatic rings. The summed E-state index contributed by atoms with van der Waals surface area (Å²) in [4.78, 5) is 1.73. The van der Waals surface area contributed by atoms with Gasteiger partial charge in [-0.25, -0.2) is 13.1 Å². The first kappa shape index (κ1) is 15.9. The molecule has 1 aliphatic carbocycles. The minimum absolute atomic E-state index is 0.108. The summed E-state index contributed by atoms with van der Waals surface area (Å²) >= 11 is 1.33. The zero-order chi connectivity index (χ0) is 14.6. The topological polar surface area (TPSA) is 66.4 Å². The highest BCUT2D eigenvalue weighted by atomic mass is 32.2. The molecular formula is C14H23NO3S2. The quantitative estimate of drug-likeness (QED) is 0.760. The molecule has 6 heteroatoms. The molecule has 20 heavy (non-hydrogen) atoms. The molecule has 0 amide bonds. The molecule has 0 unspecified atom stereocenters. The van der Waals surface area contributed by atoms with Crippen LogP contribution >= 0.6 is 11.3 Å². The van der Waals surface area contributed by atoms with Crippen LogP contribution in [0, 0.1) is 12.8 Å². The molecule has 1 saturated carbocycles. The molecule has 1 aliphatic rings. The maximum Gasteiger partial charge on any atom is 0.241 e. The summed E-state index contributed by atoms with van der Waals surface area (Å²) in [6.45, 7) is 2.17. The summed E-state index contributed by atoms with van der Waals surface area (Å²) in [5.74, 6) is 0.795. The zero-order valence-corrected chi connectivity index (χ0v) is 13.5. The fourth-order valence-electron chi connectivity index (χ4n) is 2.84. The first-order valence-electron chi connectivity index (χ1n) is 7.23. The van der Waals surface area contributed by atoms with Crippen molar-refractivity contribution in [3.8, 4) is 0 Å². The van der Waals surface area contributed by atoms with E-state index in [1.807, 2.05) is 0 Å². The van der Waals surface area contributed by atoms with Gasteiger partial charge in [-0.2, -0.15) is 0 Å². The number of aliphatic hydroxyl groups is 1. The van der Waals surface area contributed by atoms with Crippen molar-refractivity contribution in [2.24, 2.45) is 5.92 Å². The Hall–Kier alpha value is -0.430. The van der Waals surface area contributed by atoms with Gasteiger partial charge in [0, 0.05) is 16.3 Å². The fraction of sp³-hybridized carbons (Fsp3) is 0.714. The van der Waals surface area contributed by atoms with Crippen LogP contribution in [-0.2, 0) is 16.6 Å². The van der Waals surface area contributed by atoms with Crippen molar-refractivity contribution in [1.82, 2.24) is 4.72 Å². The lowest BCUT2D eigenvalue weighted by molar-refractivity contribution is 0.285. The number of hydrogen-bond acceptors (Lipinski definition) is 4. The van der Waals surface area contributed by atoms with Gasteiger partial charge in [0.25, 0.3) is 0 Å². The van der Waals surface area contributed by atoms with Gasteiger partial charge < -0.3 is 5.11 Å². The third-order valence-electron chi connectivity index (χ3n) is 3.92. The number of sulfonamides is 1. The number of aryl methyl sites for hydroxylation is 1. The Kier molecular flexibility index (Phi) is 5.60. The molecule has 0 aliphatic heterocycles. The van der Waals surface area contributed by atoms with Crippen LogP contribution < -0.4 is 4.72 Å². The third-order valence-corrected chi connectivity index (χ3v) is 6.68. The predicted molar refractivity (Wildman–Crippen MR) is 81.4 cm³/mol. The molecule has 1 aromatic heterocycles. The number of nitrogens with one attached hydrogen (secondary N) is 1. The van der Waals surface area contributed by atoms with E-state index in [-0.39, 0.29) is 6.61 Å². The largest absolute Gasteiger partial charge is 0.391 e. The van der Waals surface area contributed by atoms with Crippen molar-refractivity contribution in [1.29, 1.82) is 0 Å². The predicted octanol–water partition coefficient (Wildman–Crippen LogP) is 2.80. The SMILES string of the molecule is Cc1sc(CO)cc1S(=O)(=O)NCCCC1CCCC1. The number of rotatable bonds is 7. The van der Waals surface area contributed by atoms with Crippen LogP contribution in [0.3, 0.4) is 0 Å². The van der Waals surface area contributed by atoms with E-state index in [0.717, 1.165) is 23.6 Å². The molecule has 0 atom stereocenters. The van der Waals surface area contributed by atoms with Gasteiger partial charge in [0.2, 0.25) is 10.0 Å². The van der Waals surface area contributed by atoms with Crippen LogP contribution in [0.2, 0.25) is 0 Å². The molecule has 114 valence electrons. The van der Waals surface area contributed by atoms with E-state index >= 15 is 0 Å². The van der Waals surface area contributed by atoms with E-state index in [1.165, 1.54) is 37.0 Å². The van der Waals surface area contributed by atoms with Crippen LogP contribution in [-0.4, -0.2) is 20.1 Å². The van der Waals surface area contributed by atoms with Gasteiger partial charge in [0.1, 0.15) is 0 Å². The van der Waals surface area contributed by atoms with E-state index in [9.17, 15) is 8.42 Å². The Morgan fingerprint density at radius 2 is 2.10 bits per heavy atom. The lowest BCUT2D eigenvalue weighted by Gasteiger charge is -2.09. The Morgan fingerprint density at radius 1 is 1.40 bits per heavy atom. The normalized spacial score (nSPS) is 16.9. The van der Waals surface area contributed by atoms with Gasteiger partial charge in [-0.1, -0.05) is 25.7 Å². The molecule has 0 spiro atoms. The highest BCUT2D eigenvalue weighted by molar-refractivity contribution is 7.89.